The molecule has 6 nitrogen and oxygen atoms in total. The Morgan fingerprint density at radius 1 is 1.03 bits per heavy atom. The molecule has 0 atom stereocenters. The van der Waals surface area contributed by atoms with E-state index in [1.165, 1.54) is 11.3 Å². The van der Waals surface area contributed by atoms with Crippen molar-refractivity contribution in [3.8, 4) is 22.6 Å². The number of nitrogens with one attached hydrogen (secondary N) is 1. The number of rotatable bonds is 8. The van der Waals surface area contributed by atoms with Crippen LogP contribution in [-0.2, 0) is 9.53 Å². The van der Waals surface area contributed by atoms with Crippen LogP contribution in [0.4, 0.5) is 5.00 Å². The van der Waals surface area contributed by atoms with E-state index >= 15 is 0 Å². The molecule has 3 rings (SSSR count). The zero-order valence-corrected chi connectivity index (χ0v) is 19.7. The minimum absolute atomic E-state index is 0.172. The molecule has 2 aromatic carbocycles. The monoisotopic (exact) mass is 453 g/mol. The van der Waals surface area contributed by atoms with E-state index in [4.69, 9.17) is 14.2 Å². The van der Waals surface area contributed by atoms with E-state index in [1.807, 2.05) is 62.5 Å². The molecule has 0 aliphatic heterocycles. The van der Waals surface area contributed by atoms with Crippen LogP contribution >= 0.6 is 11.3 Å². The summed E-state index contributed by atoms with van der Waals surface area (Å²) in [4.78, 5) is 25.5. The molecule has 3 aromatic rings. The predicted molar refractivity (Wildman–Crippen MR) is 127 cm³/mol. The van der Waals surface area contributed by atoms with Crippen molar-refractivity contribution >= 4 is 28.2 Å². The summed E-state index contributed by atoms with van der Waals surface area (Å²) in [5.41, 5.74) is 4.65. The highest BCUT2D eigenvalue weighted by atomic mass is 32.1. The summed E-state index contributed by atoms with van der Waals surface area (Å²) in [6.07, 6.45) is 0. The van der Waals surface area contributed by atoms with Gasteiger partial charge >= 0.3 is 5.97 Å². The van der Waals surface area contributed by atoms with E-state index in [2.05, 4.69) is 5.32 Å². The van der Waals surface area contributed by atoms with Gasteiger partial charge in [-0.3, -0.25) is 4.79 Å². The number of amides is 1. The lowest BCUT2D eigenvalue weighted by Crippen LogP contribution is -2.21. The highest BCUT2D eigenvalue weighted by molar-refractivity contribution is 7.15. The number of aryl methyl sites for hydroxylation is 3. The van der Waals surface area contributed by atoms with Crippen LogP contribution in [0.5, 0.6) is 11.5 Å². The highest BCUT2D eigenvalue weighted by Gasteiger charge is 2.24. The van der Waals surface area contributed by atoms with Crippen LogP contribution in [0.3, 0.4) is 0 Å². The SMILES string of the molecule is CCOC(=O)c1c(-c2cc(C)ccc2OC)csc1NC(=O)COc1c(C)cccc1C. The van der Waals surface area contributed by atoms with Gasteiger partial charge in [-0.25, -0.2) is 4.79 Å². The first kappa shape index (κ1) is 23.3. The van der Waals surface area contributed by atoms with Gasteiger partial charge in [-0.15, -0.1) is 11.3 Å². The van der Waals surface area contributed by atoms with E-state index in [-0.39, 0.29) is 19.1 Å². The number of methoxy groups -OCH3 is 1. The minimum Gasteiger partial charge on any atom is -0.496 e. The zero-order chi connectivity index (χ0) is 23.3. The molecule has 0 saturated carbocycles. The predicted octanol–water partition coefficient (Wildman–Crippen LogP) is 5.54. The van der Waals surface area contributed by atoms with Gasteiger partial charge in [-0.2, -0.15) is 0 Å². The Balaban J connectivity index is 1.89. The van der Waals surface area contributed by atoms with Crippen LogP contribution < -0.4 is 14.8 Å². The van der Waals surface area contributed by atoms with Gasteiger partial charge in [0.05, 0.1) is 13.7 Å². The molecule has 7 heteroatoms. The van der Waals surface area contributed by atoms with Crippen LogP contribution in [0.25, 0.3) is 11.1 Å². The summed E-state index contributed by atoms with van der Waals surface area (Å²) in [6.45, 7) is 7.62. The van der Waals surface area contributed by atoms with Crippen molar-refractivity contribution in [1.29, 1.82) is 0 Å². The molecule has 0 spiro atoms. The minimum atomic E-state index is -0.502. The van der Waals surface area contributed by atoms with Crippen molar-refractivity contribution in [1.82, 2.24) is 0 Å². The Hall–Kier alpha value is -3.32. The van der Waals surface area contributed by atoms with E-state index < -0.39 is 5.97 Å². The van der Waals surface area contributed by atoms with Gasteiger partial charge in [-0.05, 0) is 51.0 Å². The maximum atomic E-state index is 12.8. The molecule has 0 fully saturated rings. The normalized spacial score (nSPS) is 10.5. The molecule has 0 bridgehead atoms. The molecule has 1 heterocycles. The highest BCUT2D eigenvalue weighted by Crippen LogP contribution is 2.40. The van der Waals surface area contributed by atoms with Crippen LogP contribution in [0.1, 0.15) is 34.0 Å². The quantitative estimate of drug-likeness (QED) is 0.453. The van der Waals surface area contributed by atoms with Gasteiger partial charge in [0, 0.05) is 16.5 Å². The van der Waals surface area contributed by atoms with Crippen molar-refractivity contribution < 1.29 is 23.8 Å². The summed E-state index contributed by atoms with van der Waals surface area (Å²) in [5.74, 6) is 0.459. The van der Waals surface area contributed by atoms with Gasteiger partial charge in [-0.1, -0.05) is 29.8 Å². The lowest BCUT2D eigenvalue weighted by molar-refractivity contribution is -0.118. The lowest BCUT2D eigenvalue weighted by atomic mass is 10.0. The molecule has 1 aromatic heterocycles. The number of benzene rings is 2. The van der Waals surface area contributed by atoms with Gasteiger partial charge in [0.1, 0.15) is 22.1 Å². The average molecular weight is 454 g/mol. The number of hydrogen-bond donors (Lipinski definition) is 1. The smallest absolute Gasteiger partial charge is 0.341 e. The first-order valence-electron chi connectivity index (χ1n) is 10.3. The summed E-state index contributed by atoms with van der Waals surface area (Å²) in [5, 5.41) is 5.05. The number of ether oxygens (including phenoxy) is 3. The maximum absolute atomic E-state index is 12.8. The molecule has 32 heavy (non-hydrogen) atoms. The third kappa shape index (κ3) is 5.11. The zero-order valence-electron chi connectivity index (χ0n) is 18.9. The molecule has 1 amide bonds. The maximum Gasteiger partial charge on any atom is 0.341 e. The first-order valence-corrected chi connectivity index (χ1v) is 11.2. The van der Waals surface area contributed by atoms with Crippen LogP contribution in [0.15, 0.2) is 41.8 Å². The molecule has 0 saturated heterocycles. The fraction of sp³-hybridized carbons (Fsp3) is 0.280. The Kier molecular flexibility index (Phi) is 7.53. The number of para-hydroxylation sites is 1. The number of hydrogen-bond acceptors (Lipinski definition) is 6. The van der Waals surface area contributed by atoms with Crippen LogP contribution in [0, 0.1) is 20.8 Å². The third-order valence-corrected chi connectivity index (χ3v) is 5.82. The van der Waals surface area contributed by atoms with Gasteiger partial charge < -0.3 is 19.5 Å². The molecule has 0 aliphatic rings. The summed E-state index contributed by atoms with van der Waals surface area (Å²) in [6, 6.07) is 11.5. The molecular formula is C25H27NO5S. The lowest BCUT2D eigenvalue weighted by Gasteiger charge is -2.13. The van der Waals surface area contributed by atoms with Crippen molar-refractivity contribution in [2.24, 2.45) is 0 Å². The second-order valence-corrected chi connectivity index (χ2v) is 8.22. The van der Waals surface area contributed by atoms with Gasteiger partial charge in [0.15, 0.2) is 6.61 Å². The summed E-state index contributed by atoms with van der Waals surface area (Å²) in [7, 11) is 1.58. The largest absolute Gasteiger partial charge is 0.496 e. The molecule has 168 valence electrons. The second kappa shape index (κ2) is 10.3. The van der Waals surface area contributed by atoms with E-state index in [0.717, 1.165) is 22.3 Å². The first-order chi connectivity index (χ1) is 15.3. The summed E-state index contributed by atoms with van der Waals surface area (Å²) < 4.78 is 16.5. The Labute approximate surface area is 192 Å². The average Bonchev–Trinajstić information content (AvgIpc) is 3.17. The fourth-order valence-electron chi connectivity index (χ4n) is 3.41. The van der Waals surface area contributed by atoms with Crippen molar-refractivity contribution in [2.45, 2.75) is 27.7 Å². The van der Waals surface area contributed by atoms with Crippen molar-refractivity contribution in [3.05, 3.63) is 64.0 Å². The molecule has 0 radical (unpaired) electrons. The fourth-order valence-corrected chi connectivity index (χ4v) is 4.38. The molecule has 1 N–H and O–H groups in total. The van der Waals surface area contributed by atoms with E-state index in [0.29, 0.717) is 27.6 Å². The number of thiophene rings is 1. The number of carbonyl (C=O) groups excluding carboxylic acids is 2. The van der Waals surface area contributed by atoms with E-state index in [1.54, 1.807) is 14.0 Å². The van der Waals surface area contributed by atoms with Crippen molar-refractivity contribution in [2.75, 3.05) is 25.6 Å². The topological polar surface area (TPSA) is 73.9 Å². The Morgan fingerprint density at radius 2 is 1.75 bits per heavy atom. The Morgan fingerprint density at radius 3 is 2.41 bits per heavy atom. The number of esters is 1. The molecular weight excluding hydrogens is 426 g/mol. The van der Waals surface area contributed by atoms with Crippen molar-refractivity contribution in [3.63, 3.8) is 0 Å². The Bertz CT molecular complexity index is 1120. The van der Waals surface area contributed by atoms with Crippen LogP contribution in [-0.4, -0.2) is 32.2 Å². The van der Waals surface area contributed by atoms with Gasteiger partial charge in [0.25, 0.3) is 5.91 Å². The standard InChI is InChI=1S/C25H27NO5S/c1-6-30-25(28)22-19(18-12-15(2)10-11-20(18)29-5)14-32-24(22)26-21(27)13-31-23-16(3)8-7-9-17(23)4/h7-12,14H,6,13H2,1-5H3,(H,26,27). The summed E-state index contributed by atoms with van der Waals surface area (Å²) >= 11 is 1.26. The molecule has 0 unspecified atom stereocenters. The second-order valence-electron chi connectivity index (χ2n) is 7.34. The van der Waals surface area contributed by atoms with Crippen LogP contribution in [0.2, 0.25) is 0 Å². The number of anilines is 1. The van der Waals surface area contributed by atoms with E-state index in [9.17, 15) is 9.59 Å². The molecule has 0 aliphatic carbocycles. The van der Waals surface area contributed by atoms with Gasteiger partial charge in [0.2, 0.25) is 0 Å². The third-order valence-electron chi connectivity index (χ3n) is 4.93. The number of carbonyl (C=O) groups is 2.